The summed E-state index contributed by atoms with van der Waals surface area (Å²) < 4.78 is 0. The molecule has 2 aliphatic rings. The van der Waals surface area contributed by atoms with Crippen molar-refractivity contribution in [1.29, 1.82) is 5.26 Å². The number of rotatable bonds is 5. The van der Waals surface area contributed by atoms with Crippen LogP contribution >= 0.6 is 0 Å². The first-order valence-corrected chi connectivity index (χ1v) is 11.0. The normalized spacial score (nSPS) is 30.5. The molecule has 3 nitrogen and oxygen atoms in total. The van der Waals surface area contributed by atoms with Crippen molar-refractivity contribution in [2.75, 3.05) is 13.1 Å². The number of likely N-dealkylation sites (tertiary alicyclic amines) is 1. The maximum atomic E-state index is 9.89. The Morgan fingerprint density at radius 3 is 2.04 bits per heavy atom. The van der Waals surface area contributed by atoms with Gasteiger partial charge in [-0.05, 0) is 18.4 Å². The monoisotopic (exact) mass is 375 g/mol. The van der Waals surface area contributed by atoms with E-state index in [-0.39, 0.29) is 5.41 Å². The number of quaternary nitrogens is 2. The summed E-state index contributed by atoms with van der Waals surface area (Å²) in [7, 11) is 0. The Morgan fingerprint density at radius 1 is 0.857 bits per heavy atom. The summed E-state index contributed by atoms with van der Waals surface area (Å²) in [6, 6.07) is 25.5. The van der Waals surface area contributed by atoms with Gasteiger partial charge in [-0.3, -0.25) is 0 Å². The number of nitriles is 1. The fourth-order valence-electron chi connectivity index (χ4n) is 5.23. The molecule has 2 fully saturated rings. The zero-order valence-corrected chi connectivity index (χ0v) is 16.8. The van der Waals surface area contributed by atoms with Crippen molar-refractivity contribution in [3.05, 3.63) is 71.8 Å². The lowest BCUT2D eigenvalue weighted by molar-refractivity contribution is -0.927. The molecule has 2 aromatic rings. The van der Waals surface area contributed by atoms with E-state index in [1.807, 2.05) is 6.07 Å². The van der Waals surface area contributed by atoms with Gasteiger partial charge < -0.3 is 10.2 Å². The molecule has 0 atom stereocenters. The zero-order valence-electron chi connectivity index (χ0n) is 16.8. The van der Waals surface area contributed by atoms with Gasteiger partial charge in [0.2, 0.25) is 0 Å². The van der Waals surface area contributed by atoms with Gasteiger partial charge in [-0.1, -0.05) is 60.7 Å². The van der Waals surface area contributed by atoms with Gasteiger partial charge in [0, 0.05) is 31.2 Å². The van der Waals surface area contributed by atoms with Crippen molar-refractivity contribution in [2.45, 2.75) is 62.6 Å². The van der Waals surface area contributed by atoms with Crippen LogP contribution in [0, 0.1) is 11.3 Å². The molecule has 1 saturated heterocycles. The largest absolute Gasteiger partial charge is 0.341 e. The van der Waals surface area contributed by atoms with Crippen molar-refractivity contribution in [3.63, 3.8) is 0 Å². The molecule has 2 aromatic carbocycles. The van der Waals surface area contributed by atoms with E-state index in [9.17, 15) is 5.26 Å². The molecular formula is C25H33N3+2. The van der Waals surface area contributed by atoms with E-state index in [2.05, 4.69) is 66.0 Å². The lowest BCUT2D eigenvalue weighted by atomic mass is 9.69. The molecule has 28 heavy (non-hydrogen) atoms. The van der Waals surface area contributed by atoms with Gasteiger partial charge in [-0.25, -0.2) is 0 Å². The van der Waals surface area contributed by atoms with Gasteiger partial charge in [0.25, 0.3) is 0 Å². The smallest absolute Gasteiger partial charge is 0.103 e. The van der Waals surface area contributed by atoms with Gasteiger partial charge in [-0.15, -0.1) is 0 Å². The van der Waals surface area contributed by atoms with Gasteiger partial charge in [0.1, 0.15) is 6.54 Å². The van der Waals surface area contributed by atoms with Crippen LogP contribution in [0.1, 0.15) is 49.7 Å². The minimum Gasteiger partial charge on any atom is -0.341 e. The topological polar surface area (TPSA) is 44.8 Å². The predicted molar refractivity (Wildman–Crippen MR) is 112 cm³/mol. The third-order valence-corrected chi connectivity index (χ3v) is 7.00. The van der Waals surface area contributed by atoms with Gasteiger partial charge in [-0.2, -0.15) is 5.26 Å². The van der Waals surface area contributed by atoms with Crippen molar-refractivity contribution >= 4 is 0 Å². The molecule has 146 valence electrons. The molecule has 4 rings (SSSR count). The lowest BCUT2D eigenvalue weighted by Gasteiger charge is -2.36. The average Bonchev–Trinajstić information content (AvgIpc) is 2.77. The Labute approximate surface area is 169 Å². The lowest BCUT2D eigenvalue weighted by Crippen LogP contribution is -3.14. The van der Waals surface area contributed by atoms with E-state index in [4.69, 9.17) is 0 Å². The van der Waals surface area contributed by atoms with E-state index in [1.54, 1.807) is 4.90 Å². The Morgan fingerprint density at radius 2 is 1.43 bits per heavy atom. The van der Waals surface area contributed by atoms with Crippen molar-refractivity contribution in [3.8, 4) is 6.07 Å². The molecule has 0 aromatic heterocycles. The van der Waals surface area contributed by atoms with Crippen molar-refractivity contribution < 1.29 is 10.2 Å². The molecule has 1 aliphatic carbocycles. The molecule has 0 radical (unpaired) electrons. The Bertz CT molecular complexity index is 764. The predicted octanol–water partition coefficient (Wildman–Crippen LogP) is 2.20. The summed E-state index contributed by atoms with van der Waals surface area (Å²) in [6.45, 7) is 3.74. The highest BCUT2D eigenvalue weighted by atomic mass is 15.1. The van der Waals surface area contributed by atoms with Crippen molar-refractivity contribution in [2.24, 2.45) is 0 Å². The highest BCUT2D eigenvalue weighted by Crippen LogP contribution is 2.38. The molecule has 1 aliphatic heterocycles. The van der Waals surface area contributed by atoms with Crippen LogP contribution in [-0.2, 0) is 12.0 Å². The van der Waals surface area contributed by atoms with Crippen molar-refractivity contribution in [1.82, 2.24) is 0 Å². The van der Waals surface area contributed by atoms with E-state index in [0.29, 0.717) is 6.04 Å². The number of hydrogen-bond donors (Lipinski definition) is 2. The summed E-state index contributed by atoms with van der Waals surface area (Å²) in [4.78, 5) is 1.73. The van der Waals surface area contributed by atoms with Gasteiger partial charge in [0.15, 0.2) is 0 Å². The summed E-state index contributed by atoms with van der Waals surface area (Å²) in [5, 5.41) is 12.5. The highest BCUT2D eigenvalue weighted by Gasteiger charge is 2.39. The number of nitrogens with two attached hydrogens (primary N) is 1. The highest BCUT2D eigenvalue weighted by molar-refractivity contribution is 5.32. The molecule has 0 spiro atoms. The summed E-state index contributed by atoms with van der Waals surface area (Å²) in [6.07, 6.45) is 6.99. The second-order valence-electron chi connectivity index (χ2n) is 8.84. The van der Waals surface area contributed by atoms with Gasteiger partial charge in [0.05, 0.1) is 36.7 Å². The molecule has 3 N–H and O–H groups in total. The van der Waals surface area contributed by atoms with Crippen LogP contribution in [0.25, 0.3) is 0 Å². The van der Waals surface area contributed by atoms with Crippen LogP contribution in [0.3, 0.4) is 0 Å². The van der Waals surface area contributed by atoms with E-state index >= 15 is 0 Å². The fourth-order valence-corrected chi connectivity index (χ4v) is 5.23. The minimum absolute atomic E-state index is 0.255. The first kappa shape index (κ1) is 19.2. The Hall–Kier alpha value is -2.15. The number of hydrogen-bond acceptors (Lipinski definition) is 1. The molecule has 1 heterocycles. The molecular weight excluding hydrogens is 342 g/mol. The molecule has 0 amide bonds. The first-order chi connectivity index (χ1) is 13.8. The summed E-state index contributed by atoms with van der Waals surface area (Å²) in [5.41, 5.74) is 2.42. The average molecular weight is 376 g/mol. The molecule has 3 heteroatoms. The molecule has 0 bridgehead atoms. The first-order valence-electron chi connectivity index (χ1n) is 11.0. The maximum absolute atomic E-state index is 9.89. The van der Waals surface area contributed by atoms with Crippen LogP contribution in [-0.4, -0.2) is 25.2 Å². The van der Waals surface area contributed by atoms with E-state index in [1.165, 1.54) is 56.4 Å². The molecule has 0 unspecified atom stereocenters. The van der Waals surface area contributed by atoms with Crippen LogP contribution in [0.2, 0.25) is 0 Å². The zero-order chi connectivity index (χ0) is 19.2. The quantitative estimate of drug-likeness (QED) is 0.827. The second kappa shape index (κ2) is 8.90. The van der Waals surface area contributed by atoms with Crippen LogP contribution in [0.4, 0.5) is 0 Å². The van der Waals surface area contributed by atoms with Crippen LogP contribution in [0.15, 0.2) is 60.7 Å². The van der Waals surface area contributed by atoms with Gasteiger partial charge >= 0.3 is 0 Å². The maximum Gasteiger partial charge on any atom is 0.103 e. The summed E-state index contributed by atoms with van der Waals surface area (Å²) >= 11 is 0. The molecule has 1 saturated carbocycles. The van der Waals surface area contributed by atoms with Crippen LogP contribution < -0.4 is 10.2 Å². The summed E-state index contributed by atoms with van der Waals surface area (Å²) in [5.74, 6) is 0. The third-order valence-electron chi connectivity index (χ3n) is 7.00. The number of piperidine rings is 1. The third kappa shape index (κ3) is 4.46. The Balaban J connectivity index is 1.24. The second-order valence-corrected chi connectivity index (χ2v) is 8.84. The number of nitrogens with zero attached hydrogens (tertiary/aromatic N) is 1. The fraction of sp³-hybridized carbons (Fsp3) is 0.480. The van der Waals surface area contributed by atoms with Crippen LogP contribution in [0.5, 0.6) is 0 Å². The van der Waals surface area contributed by atoms with E-state index in [0.717, 1.165) is 18.9 Å². The van der Waals surface area contributed by atoms with E-state index < -0.39 is 0 Å². The number of nitrogens with one attached hydrogen (secondary N) is 1. The SMILES string of the molecule is N#CC1(c2ccccc2)CCC([NH2+]C2CC[NH+](Cc3ccccc3)CC2)CC1. The standard InChI is InChI=1S/C25H31N3/c26-20-25(22-9-5-2-6-10-22)15-11-23(12-16-25)27-24-13-17-28(18-14-24)19-21-7-3-1-4-8-21/h1-10,23-24,27H,11-19H2/p+2. The Kier molecular flexibility index (Phi) is 6.10. The number of benzene rings is 2. The minimum atomic E-state index is -0.255.